The van der Waals surface area contributed by atoms with Gasteiger partial charge in [0.15, 0.2) is 0 Å². The summed E-state index contributed by atoms with van der Waals surface area (Å²) in [6.07, 6.45) is 6.38. The van der Waals surface area contributed by atoms with Crippen LogP contribution >= 0.6 is 0 Å². The molecule has 0 saturated heterocycles. The normalized spacial score (nSPS) is 11.6. The first kappa shape index (κ1) is 31.3. The summed E-state index contributed by atoms with van der Waals surface area (Å²) in [5.74, 6) is 0. The minimum atomic E-state index is 1.01. The zero-order valence-corrected chi connectivity index (χ0v) is 27.7. The van der Waals surface area contributed by atoms with Crippen LogP contribution in [0.3, 0.4) is 0 Å². The molecule has 0 heterocycles. The van der Waals surface area contributed by atoms with Crippen LogP contribution in [0.4, 0.5) is 28.4 Å². The van der Waals surface area contributed by atoms with Crippen LogP contribution in [0.1, 0.15) is 41.7 Å². The summed E-state index contributed by atoms with van der Waals surface area (Å²) in [5, 5.41) is 0. The molecule has 0 spiro atoms. The maximum Gasteiger partial charge on any atom is 0.0464 e. The second kappa shape index (κ2) is 13.7. The number of aryl methyl sites for hydroxylation is 5. The Morgan fingerprint density at radius 1 is 0.556 bits per heavy atom. The SMILES string of the molecule is C=C(C)/C=C(\C=C/C)N(c1cccc(C)c1)c1ccc(-c2ccc(N(c3cccc(C)c3)c3cccc(C)c3)cc2C)c(C)c1. The first-order valence-electron chi connectivity index (χ1n) is 15.7. The maximum absolute atomic E-state index is 4.17. The fraction of sp³-hybridized carbons (Fsp3) is 0.163. The molecule has 5 aromatic carbocycles. The average molecular weight is 589 g/mol. The summed E-state index contributed by atoms with van der Waals surface area (Å²) in [7, 11) is 0. The topological polar surface area (TPSA) is 6.48 Å². The molecule has 2 heteroatoms. The quantitative estimate of drug-likeness (QED) is 0.158. The average Bonchev–Trinajstić information content (AvgIpc) is 2.98. The van der Waals surface area contributed by atoms with Crippen molar-refractivity contribution < 1.29 is 0 Å². The number of benzene rings is 5. The lowest BCUT2D eigenvalue weighted by Gasteiger charge is -2.28. The first-order chi connectivity index (χ1) is 21.6. The summed E-state index contributed by atoms with van der Waals surface area (Å²) in [6.45, 7) is 19.1. The fourth-order valence-corrected chi connectivity index (χ4v) is 5.98. The molecule has 0 N–H and O–H groups in total. The van der Waals surface area contributed by atoms with Gasteiger partial charge in [0.1, 0.15) is 0 Å². The smallest absolute Gasteiger partial charge is 0.0464 e. The van der Waals surface area contributed by atoms with Gasteiger partial charge in [-0.05, 0) is 160 Å². The van der Waals surface area contributed by atoms with Crippen LogP contribution in [-0.4, -0.2) is 0 Å². The molecule has 226 valence electrons. The number of anilines is 5. The summed E-state index contributed by atoms with van der Waals surface area (Å²) in [6, 6.07) is 39.7. The van der Waals surface area contributed by atoms with E-state index in [1.807, 2.05) is 6.92 Å². The first-order valence-corrected chi connectivity index (χ1v) is 15.7. The molecule has 0 saturated carbocycles. The Kier molecular flexibility index (Phi) is 9.54. The molecular formula is C43H44N2. The lowest BCUT2D eigenvalue weighted by Crippen LogP contribution is -2.16. The van der Waals surface area contributed by atoms with Gasteiger partial charge in [-0.3, -0.25) is 0 Å². The highest BCUT2D eigenvalue weighted by Gasteiger charge is 2.18. The standard InChI is InChI=1S/C43H44N2/c1-9-13-36(24-30(2)3)44(37-17-10-14-31(4)25-37)40-20-22-42(34(7)28-40)43-23-21-41(29-35(43)8)45(38-18-11-15-32(5)26-38)39-19-12-16-33(6)27-39/h9-29H,2H2,1,3-8H3/b13-9-,36-24+. The molecule has 0 aliphatic rings. The van der Waals surface area contributed by atoms with E-state index in [2.05, 4.69) is 185 Å². The Bertz CT molecular complexity index is 1860. The third-order valence-corrected chi connectivity index (χ3v) is 8.00. The summed E-state index contributed by atoms with van der Waals surface area (Å²) >= 11 is 0. The Labute approximate surface area is 270 Å². The van der Waals surface area contributed by atoms with Gasteiger partial charge >= 0.3 is 0 Å². The Balaban J connectivity index is 1.58. The third kappa shape index (κ3) is 7.19. The molecule has 5 aromatic rings. The summed E-state index contributed by atoms with van der Waals surface area (Å²) < 4.78 is 0. The maximum atomic E-state index is 4.17. The van der Waals surface area contributed by atoms with E-state index in [4.69, 9.17) is 0 Å². The van der Waals surface area contributed by atoms with Crippen LogP contribution in [-0.2, 0) is 0 Å². The van der Waals surface area contributed by atoms with Gasteiger partial charge in [-0.1, -0.05) is 66.8 Å². The van der Waals surface area contributed by atoms with Crippen LogP contribution in [0, 0.1) is 34.6 Å². The molecule has 0 aliphatic carbocycles. The highest BCUT2D eigenvalue weighted by molar-refractivity contribution is 5.82. The van der Waals surface area contributed by atoms with Gasteiger partial charge in [-0.2, -0.15) is 0 Å². The highest BCUT2D eigenvalue weighted by Crippen LogP contribution is 2.40. The molecule has 0 aliphatic heterocycles. The van der Waals surface area contributed by atoms with Crippen molar-refractivity contribution in [1.82, 2.24) is 0 Å². The second-order valence-electron chi connectivity index (χ2n) is 12.1. The van der Waals surface area contributed by atoms with E-state index in [0.717, 1.165) is 39.7 Å². The van der Waals surface area contributed by atoms with E-state index in [0.29, 0.717) is 0 Å². The van der Waals surface area contributed by atoms with Gasteiger partial charge in [-0.15, -0.1) is 0 Å². The van der Waals surface area contributed by atoms with E-state index in [1.165, 1.54) is 38.9 Å². The summed E-state index contributed by atoms with van der Waals surface area (Å²) in [4.78, 5) is 4.67. The zero-order valence-electron chi connectivity index (χ0n) is 27.7. The number of rotatable bonds is 9. The lowest BCUT2D eigenvalue weighted by molar-refractivity contribution is 1.19. The van der Waals surface area contributed by atoms with E-state index in [-0.39, 0.29) is 0 Å². The van der Waals surface area contributed by atoms with Crippen molar-refractivity contribution in [2.45, 2.75) is 48.5 Å². The van der Waals surface area contributed by atoms with E-state index < -0.39 is 0 Å². The van der Waals surface area contributed by atoms with Crippen molar-refractivity contribution in [2.24, 2.45) is 0 Å². The number of hydrogen-bond acceptors (Lipinski definition) is 2. The Hall–Kier alpha value is -5.08. The lowest BCUT2D eigenvalue weighted by atomic mass is 9.95. The largest absolute Gasteiger partial charge is 0.310 e. The van der Waals surface area contributed by atoms with E-state index in [1.54, 1.807) is 0 Å². The summed E-state index contributed by atoms with van der Waals surface area (Å²) in [5.41, 5.74) is 16.4. The van der Waals surface area contributed by atoms with Crippen LogP contribution in [0.5, 0.6) is 0 Å². The van der Waals surface area contributed by atoms with Gasteiger partial charge in [-0.25, -0.2) is 0 Å². The van der Waals surface area contributed by atoms with Crippen molar-refractivity contribution in [2.75, 3.05) is 9.80 Å². The van der Waals surface area contributed by atoms with E-state index in [9.17, 15) is 0 Å². The molecule has 5 rings (SSSR count). The number of hydrogen-bond donors (Lipinski definition) is 0. The van der Waals surface area contributed by atoms with Crippen molar-refractivity contribution >= 4 is 28.4 Å². The van der Waals surface area contributed by atoms with Crippen molar-refractivity contribution in [3.05, 3.63) is 173 Å². The van der Waals surface area contributed by atoms with Gasteiger partial charge in [0, 0.05) is 34.1 Å². The fourth-order valence-electron chi connectivity index (χ4n) is 5.98. The van der Waals surface area contributed by atoms with Gasteiger partial charge in [0.05, 0.1) is 0 Å². The Morgan fingerprint density at radius 2 is 0.978 bits per heavy atom. The minimum absolute atomic E-state index is 1.01. The molecular weight excluding hydrogens is 544 g/mol. The molecule has 0 bridgehead atoms. The number of nitrogens with zero attached hydrogens (tertiary/aromatic N) is 2. The predicted octanol–water partition coefficient (Wildman–Crippen LogP) is 12.5. The molecule has 0 fully saturated rings. The van der Waals surface area contributed by atoms with Crippen LogP contribution in [0.25, 0.3) is 11.1 Å². The van der Waals surface area contributed by atoms with Crippen molar-refractivity contribution in [3.63, 3.8) is 0 Å². The molecule has 0 atom stereocenters. The van der Waals surface area contributed by atoms with Gasteiger partial charge in [0.25, 0.3) is 0 Å². The predicted molar refractivity (Wildman–Crippen MR) is 197 cm³/mol. The molecule has 0 unspecified atom stereocenters. The monoisotopic (exact) mass is 588 g/mol. The third-order valence-electron chi connectivity index (χ3n) is 8.00. The van der Waals surface area contributed by atoms with Crippen molar-refractivity contribution in [1.29, 1.82) is 0 Å². The van der Waals surface area contributed by atoms with Gasteiger partial charge < -0.3 is 9.80 Å². The second-order valence-corrected chi connectivity index (χ2v) is 12.1. The van der Waals surface area contributed by atoms with Crippen LogP contribution in [0.15, 0.2) is 145 Å². The molecule has 0 aromatic heterocycles. The highest BCUT2D eigenvalue weighted by atomic mass is 15.1. The molecule has 0 amide bonds. The minimum Gasteiger partial charge on any atom is -0.310 e. The van der Waals surface area contributed by atoms with Crippen molar-refractivity contribution in [3.8, 4) is 11.1 Å². The van der Waals surface area contributed by atoms with E-state index >= 15 is 0 Å². The number of allylic oxidation sites excluding steroid dienone is 4. The zero-order chi connectivity index (χ0) is 32.1. The van der Waals surface area contributed by atoms with Crippen LogP contribution in [0.2, 0.25) is 0 Å². The molecule has 45 heavy (non-hydrogen) atoms. The van der Waals surface area contributed by atoms with Crippen LogP contribution < -0.4 is 9.80 Å². The van der Waals surface area contributed by atoms with Gasteiger partial charge in [0.2, 0.25) is 0 Å². The Morgan fingerprint density at radius 3 is 1.44 bits per heavy atom. The molecule has 2 nitrogen and oxygen atoms in total. The molecule has 0 radical (unpaired) electrons.